The first-order chi connectivity index (χ1) is 10.2. The molecule has 1 aliphatic rings. The number of hydrogen-bond donors (Lipinski definition) is 0. The molecule has 1 rings (SSSR count). The van der Waals surface area contributed by atoms with Crippen molar-refractivity contribution in [3.05, 3.63) is 0 Å². The predicted octanol–water partition coefficient (Wildman–Crippen LogP) is 2.51. The minimum Gasteiger partial charge on any atom is -0.393 e. The molecule has 0 aromatic heterocycles. The van der Waals surface area contributed by atoms with Crippen LogP contribution in [-0.2, 0) is 23.8 Å². The molecule has 1 aliphatic heterocycles. The van der Waals surface area contributed by atoms with E-state index in [-0.39, 0.29) is 30.2 Å². The fraction of sp³-hybridized carbons (Fsp3) is 0.867. The molecule has 0 bridgehead atoms. The third-order valence-electron chi connectivity index (χ3n) is 3.68. The average molecular weight is 314 g/mol. The molecule has 0 saturated carbocycles. The molecule has 2 radical (unpaired) electrons. The summed E-state index contributed by atoms with van der Waals surface area (Å²) in [6.45, 7) is 0. The van der Waals surface area contributed by atoms with Gasteiger partial charge in [-0.15, -0.1) is 0 Å². The first-order valence-corrected chi connectivity index (χ1v) is 8.99. The van der Waals surface area contributed by atoms with E-state index < -0.39 is 0 Å². The van der Waals surface area contributed by atoms with E-state index in [9.17, 15) is 9.59 Å². The highest BCUT2D eigenvalue weighted by Gasteiger charge is 2.32. The Morgan fingerprint density at radius 1 is 1.10 bits per heavy atom. The van der Waals surface area contributed by atoms with Gasteiger partial charge in [0.2, 0.25) is 0 Å². The zero-order chi connectivity index (χ0) is 15.5. The van der Waals surface area contributed by atoms with E-state index in [2.05, 4.69) is 4.74 Å². The Morgan fingerprint density at radius 3 is 2.29 bits per heavy atom. The summed E-state index contributed by atoms with van der Waals surface area (Å²) in [5.41, 5.74) is 0. The fourth-order valence-corrected chi connectivity index (χ4v) is 3.47. The minimum atomic E-state index is -0.365. The molecule has 0 spiro atoms. The summed E-state index contributed by atoms with van der Waals surface area (Å²) in [4.78, 5) is 22.2. The van der Waals surface area contributed by atoms with Gasteiger partial charge in [0, 0.05) is 14.2 Å². The van der Waals surface area contributed by atoms with E-state index in [1.165, 1.54) is 25.7 Å². The summed E-state index contributed by atoms with van der Waals surface area (Å²) in [6.07, 6.45) is 8.06. The Morgan fingerprint density at radius 2 is 1.71 bits per heavy atom. The molecule has 1 heterocycles. The van der Waals surface area contributed by atoms with Crippen molar-refractivity contribution in [2.24, 2.45) is 5.92 Å². The van der Waals surface area contributed by atoms with E-state index in [4.69, 9.17) is 9.47 Å². The van der Waals surface area contributed by atoms with Crippen LogP contribution in [0.1, 0.15) is 51.4 Å². The number of esters is 2. The topological polar surface area (TPSA) is 61.8 Å². The molecule has 1 unspecified atom stereocenters. The van der Waals surface area contributed by atoms with Crippen molar-refractivity contribution >= 4 is 21.5 Å². The second-order valence-electron chi connectivity index (χ2n) is 5.36. The number of cyclic esters (lactones) is 2. The number of unbranched alkanes of at least 4 members (excludes halogenated alkanes) is 5. The molecule has 120 valence electrons. The molecule has 0 N–H and O–H groups in total. The van der Waals surface area contributed by atoms with Gasteiger partial charge in [0.15, 0.2) is 0 Å². The van der Waals surface area contributed by atoms with Gasteiger partial charge in [-0.05, 0) is 6.42 Å². The van der Waals surface area contributed by atoms with Crippen LogP contribution in [0.5, 0.6) is 0 Å². The maximum Gasteiger partial charge on any atom is 0.317 e. The summed E-state index contributed by atoms with van der Waals surface area (Å²) in [5, 5.41) is 0. The van der Waals surface area contributed by atoms with Crippen molar-refractivity contribution in [2.75, 3.05) is 14.2 Å². The van der Waals surface area contributed by atoms with Crippen LogP contribution in [0.15, 0.2) is 0 Å². The summed E-state index contributed by atoms with van der Waals surface area (Å²) in [5.74, 6) is -0.916. The third-order valence-corrected chi connectivity index (χ3v) is 5.13. The monoisotopic (exact) mass is 314 g/mol. The Labute approximate surface area is 129 Å². The highest BCUT2D eigenvalue weighted by molar-refractivity contribution is 6.36. The lowest BCUT2D eigenvalue weighted by atomic mass is 9.99. The van der Waals surface area contributed by atoms with Gasteiger partial charge in [-0.3, -0.25) is 9.59 Å². The minimum absolute atomic E-state index is 0.0427. The zero-order valence-corrected chi connectivity index (χ0v) is 14.1. The molecule has 1 fully saturated rings. The molecule has 1 atom stereocenters. The standard InChI is InChI=1S/C15H26O5Si/c1-18-15(19-2)21-10-8-6-4-3-5-7-9-12-11-13(16)20-14(12)17/h12,15H,3-11H2,1-2H3. The highest BCUT2D eigenvalue weighted by atomic mass is 28.2. The van der Waals surface area contributed by atoms with Gasteiger partial charge in [-0.25, -0.2) is 0 Å². The second-order valence-corrected chi connectivity index (χ2v) is 6.74. The van der Waals surface area contributed by atoms with Crippen LogP contribution in [0.4, 0.5) is 0 Å². The van der Waals surface area contributed by atoms with Crippen LogP contribution in [0.3, 0.4) is 0 Å². The summed E-state index contributed by atoms with van der Waals surface area (Å²) < 4.78 is 14.8. The van der Waals surface area contributed by atoms with Gasteiger partial charge in [0.1, 0.15) is 15.4 Å². The van der Waals surface area contributed by atoms with Gasteiger partial charge in [0.25, 0.3) is 0 Å². The maximum atomic E-state index is 11.3. The molecular weight excluding hydrogens is 288 g/mol. The van der Waals surface area contributed by atoms with Crippen LogP contribution in [-0.4, -0.2) is 41.6 Å². The molecular formula is C15H26O5Si. The highest BCUT2D eigenvalue weighted by Crippen LogP contribution is 2.22. The molecule has 6 heteroatoms. The van der Waals surface area contributed by atoms with E-state index >= 15 is 0 Å². The van der Waals surface area contributed by atoms with Crippen molar-refractivity contribution in [3.63, 3.8) is 0 Å². The molecule has 0 aromatic rings. The molecule has 21 heavy (non-hydrogen) atoms. The lowest BCUT2D eigenvalue weighted by Gasteiger charge is -2.11. The Bertz CT molecular complexity index is 317. The molecule has 0 aliphatic carbocycles. The van der Waals surface area contributed by atoms with E-state index in [1.54, 1.807) is 14.2 Å². The summed E-state index contributed by atoms with van der Waals surface area (Å²) in [7, 11) is 4.06. The number of rotatable bonds is 12. The van der Waals surface area contributed by atoms with Crippen molar-refractivity contribution in [2.45, 2.75) is 63.3 Å². The molecule has 1 saturated heterocycles. The SMILES string of the molecule is COC(OC)[Si]CCCCCCCCC1CC(=O)OC1=O. The van der Waals surface area contributed by atoms with Gasteiger partial charge < -0.3 is 14.2 Å². The first-order valence-electron chi connectivity index (χ1n) is 7.71. The van der Waals surface area contributed by atoms with E-state index in [0.29, 0.717) is 9.52 Å². The zero-order valence-electron chi connectivity index (χ0n) is 13.1. The van der Waals surface area contributed by atoms with Crippen molar-refractivity contribution < 1.29 is 23.8 Å². The Balaban J connectivity index is 1.87. The van der Waals surface area contributed by atoms with Crippen LogP contribution < -0.4 is 0 Å². The lowest BCUT2D eigenvalue weighted by molar-refractivity contribution is -0.153. The van der Waals surface area contributed by atoms with E-state index in [1.807, 2.05) is 0 Å². The summed E-state index contributed by atoms with van der Waals surface area (Å²) >= 11 is 0. The molecule has 0 aromatic carbocycles. The normalized spacial score (nSPS) is 18.5. The number of ether oxygens (including phenoxy) is 3. The quantitative estimate of drug-likeness (QED) is 0.182. The molecule has 0 amide bonds. The first kappa shape index (κ1) is 18.3. The van der Waals surface area contributed by atoms with Crippen molar-refractivity contribution in [1.82, 2.24) is 0 Å². The van der Waals surface area contributed by atoms with E-state index in [0.717, 1.165) is 25.3 Å². The lowest BCUT2D eigenvalue weighted by Crippen LogP contribution is -2.20. The maximum absolute atomic E-state index is 11.3. The van der Waals surface area contributed by atoms with Gasteiger partial charge in [-0.1, -0.05) is 44.6 Å². The molecule has 5 nitrogen and oxygen atoms in total. The van der Waals surface area contributed by atoms with Gasteiger partial charge in [0.05, 0.1) is 12.3 Å². The van der Waals surface area contributed by atoms with Gasteiger partial charge in [-0.2, -0.15) is 0 Å². The third kappa shape index (κ3) is 7.73. The summed E-state index contributed by atoms with van der Waals surface area (Å²) in [6, 6.07) is 1.16. The number of carbonyl (C=O) groups excluding carboxylic acids is 2. The van der Waals surface area contributed by atoms with Crippen molar-refractivity contribution in [1.29, 1.82) is 0 Å². The van der Waals surface area contributed by atoms with Gasteiger partial charge >= 0.3 is 11.9 Å². The number of hydrogen-bond acceptors (Lipinski definition) is 5. The van der Waals surface area contributed by atoms with Crippen LogP contribution in [0.2, 0.25) is 6.04 Å². The van der Waals surface area contributed by atoms with Crippen LogP contribution in [0, 0.1) is 5.92 Å². The van der Waals surface area contributed by atoms with Crippen LogP contribution >= 0.6 is 0 Å². The largest absolute Gasteiger partial charge is 0.393 e. The Hall–Kier alpha value is -0.723. The number of carbonyl (C=O) groups is 2. The average Bonchev–Trinajstić information content (AvgIpc) is 2.79. The Kier molecular flexibility index (Phi) is 9.53. The predicted molar refractivity (Wildman–Crippen MR) is 79.9 cm³/mol. The second kappa shape index (κ2) is 10.9. The van der Waals surface area contributed by atoms with Crippen molar-refractivity contribution in [3.8, 4) is 0 Å². The smallest absolute Gasteiger partial charge is 0.317 e. The van der Waals surface area contributed by atoms with Crippen LogP contribution in [0.25, 0.3) is 0 Å². The fourth-order valence-electron chi connectivity index (χ4n) is 2.45. The number of methoxy groups -OCH3 is 2.